The molecular weight excluding hydrogens is 743 g/mol. The van der Waals surface area contributed by atoms with Crippen molar-refractivity contribution in [2.45, 2.75) is 51.7 Å². The number of nitrogens with zero attached hydrogens (tertiary/aromatic N) is 4. The summed E-state index contributed by atoms with van der Waals surface area (Å²) in [4.78, 5) is 36.0. The number of carbonyl (C=O) groups excluding carboxylic acids is 2. The third-order valence-electron chi connectivity index (χ3n) is 10.9. The van der Waals surface area contributed by atoms with Crippen molar-refractivity contribution < 1.29 is 19.4 Å². The number of fused-ring (bicyclic) bond motifs is 2. The van der Waals surface area contributed by atoms with Gasteiger partial charge in [0.1, 0.15) is 5.75 Å². The SMILES string of the molecule is Cc1ccc(N(C(=O)c2cc(-c3cc(Cl)ccc3C(=O)N3Cc4ccccc4C[C@H]3CN3CCOCC3)n3c2CCCC3)c2ccc(O)cc2)cc1Cl.Cl. The van der Waals surface area contributed by atoms with Gasteiger partial charge in [0.2, 0.25) is 0 Å². The number of anilines is 2. The summed E-state index contributed by atoms with van der Waals surface area (Å²) < 4.78 is 7.83. The summed E-state index contributed by atoms with van der Waals surface area (Å²) in [5.41, 5.74) is 8.10. The van der Waals surface area contributed by atoms with E-state index in [0.29, 0.717) is 70.8 Å². The van der Waals surface area contributed by atoms with Crippen molar-refractivity contribution in [2.75, 3.05) is 37.7 Å². The summed E-state index contributed by atoms with van der Waals surface area (Å²) in [7, 11) is 0. The number of benzene rings is 4. The predicted molar refractivity (Wildman–Crippen MR) is 217 cm³/mol. The van der Waals surface area contributed by atoms with E-state index in [9.17, 15) is 14.7 Å². The van der Waals surface area contributed by atoms with Crippen LogP contribution in [0.25, 0.3) is 11.3 Å². The van der Waals surface area contributed by atoms with Crippen LogP contribution in [0.1, 0.15) is 55.9 Å². The summed E-state index contributed by atoms with van der Waals surface area (Å²) >= 11 is 13.3. The molecular formula is C43H43Cl3N4O4. The van der Waals surface area contributed by atoms with Crippen molar-refractivity contribution in [3.63, 3.8) is 0 Å². The summed E-state index contributed by atoms with van der Waals surface area (Å²) in [6, 6.07) is 28.0. The van der Waals surface area contributed by atoms with Crippen LogP contribution in [0.2, 0.25) is 10.0 Å². The third kappa shape index (κ3) is 7.51. The van der Waals surface area contributed by atoms with Crippen LogP contribution in [0.15, 0.2) is 91.0 Å². The van der Waals surface area contributed by atoms with E-state index in [1.54, 1.807) is 41.3 Å². The highest BCUT2D eigenvalue weighted by atomic mass is 35.5. The van der Waals surface area contributed by atoms with Crippen molar-refractivity contribution >= 4 is 58.8 Å². The van der Waals surface area contributed by atoms with Gasteiger partial charge in [-0.05, 0) is 110 Å². The molecule has 11 heteroatoms. The lowest BCUT2D eigenvalue weighted by molar-refractivity contribution is 0.0193. The standard InChI is InChI=1S/C43H42Cl2N4O4.ClH/c1-28-9-11-33(24-39(28)45)49(32-12-14-35(50)15-13-32)43(52)38-25-41(47-17-5-4-8-40(38)47)37-23-31(44)10-16-36(37)42(51)48-26-30-7-3-2-6-29(30)22-34(48)27-46-18-20-53-21-19-46;/h2-3,6-7,9-16,23-25,34,50H,4-5,8,17-22,26-27H2,1H3;1H/t34-;/m0./s1. The van der Waals surface area contributed by atoms with E-state index in [-0.39, 0.29) is 36.0 Å². The summed E-state index contributed by atoms with van der Waals surface area (Å²) in [5, 5.41) is 11.2. The first-order valence-corrected chi connectivity index (χ1v) is 19.1. The Morgan fingerprint density at radius 2 is 1.59 bits per heavy atom. The van der Waals surface area contributed by atoms with E-state index >= 15 is 0 Å². The Labute approximate surface area is 332 Å². The minimum absolute atomic E-state index is 0. The zero-order chi connectivity index (χ0) is 36.6. The second-order valence-electron chi connectivity index (χ2n) is 14.3. The Bertz CT molecular complexity index is 2180. The van der Waals surface area contributed by atoms with Crippen LogP contribution in [0, 0.1) is 6.92 Å². The highest BCUT2D eigenvalue weighted by Gasteiger charge is 2.35. The minimum Gasteiger partial charge on any atom is -0.508 e. The molecule has 5 aromatic rings. The number of amides is 2. The van der Waals surface area contributed by atoms with Crippen molar-refractivity contribution in [1.29, 1.82) is 0 Å². The van der Waals surface area contributed by atoms with Crippen LogP contribution >= 0.6 is 35.6 Å². The number of phenolic OH excluding ortho intramolecular Hbond substituents is 1. The number of aromatic hydroxyl groups is 1. The first-order valence-electron chi connectivity index (χ1n) is 18.3. The molecule has 1 saturated heterocycles. The van der Waals surface area contributed by atoms with Crippen LogP contribution in [-0.2, 0) is 30.7 Å². The van der Waals surface area contributed by atoms with E-state index < -0.39 is 0 Å². The molecule has 0 spiro atoms. The lowest BCUT2D eigenvalue weighted by Crippen LogP contribution is -2.52. The number of aryl methyl sites for hydroxylation is 1. The Hall–Kier alpha value is -4.31. The van der Waals surface area contributed by atoms with Gasteiger partial charge in [0.05, 0.1) is 24.5 Å². The second-order valence-corrected chi connectivity index (χ2v) is 15.1. The highest BCUT2D eigenvalue weighted by Crippen LogP contribution is 2.39. The molecule has 0 unspecified atom stereocenters. The molecule has 1 fully saturated rings. The molecule has 8 rings (SSSR count). The van der Waals surface area contributed by atoms with Crippen molar-refractivity contribution in [1.82, 2.24) is 14.4 Å². The maximum atomic E-state index is 15.0. The molecule has 280 valence electrons. The van der Waals surface area contributed by atoms with Gasteiger partial charge in [-0.1, -0.05) is 53.5 Å². The largest absolute Gasteiger partial charge is 0.508 e. The van der Waals surface area contributed by atoms with Crippen molar-refractivity contribution in [3.8, 4) is 17.0 Å². The summed E-state index contributed by atoms with van der Waals surface area (Å²) in [5.74, 6) is -0.168. The zero-order valence-electron chi connectivity index (χ0n) is 30.1. The predicted octanol–water partition coefficient (Wildman–Crippen LogP) is 9.11. The van der Waals surface area contributed by atoms with E-state index in [2.05, 4.69) is 27.7 Å². The number of hydrogen-bond acceptors (Lipinski definition) is 5. The number of phenols is 1. The van der Waals surface area contributed by atoms with Gasteiger partial charge in [0.15, 0.2) is 0 Å². The Kier molecular flexibility index (Phi) is 11.4. The topological polar surface area (TPSA) is 78.2 Å². The second kappa shape index (κ2) is 16.2. The lowest BCUT2D eigenvalue weighted by atomic mass is 9.92. The maximum Gasteiger partial charge on any atom is 0.264 e. The third-order valence-corrected chi connectivity index (χ3v) is 11.5. The van der Waals surface area contributed by atoms with Crippen LogP contribution < -0.4 is 4.90 Å². The molecule has 0 aliphatic carbocycles. The fourth-order valence-electron chi connectivity index (χ4n) is 8.05. The fraction of sp³-hybridized carbons (Fsp3) is 0.302. The van der Waals surface area contributed by atoms with Gasteiger partial charge in [-0.3, -0.25) is 19.4 Å². The van der Waals surface area contributed by atoms with Gasteiger partial charge in [-0.2, -0.15) is 0 Å². The average molecular weight is 786 g/mol. The molecule has 3 aliphatic rings. The monoisotopic (exact) mass is 784 g/mol. The van der Waals surface area contributed by atoms with Gasteiger partial charge >= 0.3 is 0 Å². The van der Waals surface area contributed by atoms with Crippen LogP contribution in [0.4, 0.5) is 11.4 Å². The number of aromatic nitrogens is 1. The minimum atomic E-state index is -0.222. The number of rotatable bonds is 7. The Morgan fingerprint density at radius 1 is 0.852 bits per heavy atom. The molecule has 2 amide bonds. The zero-order valence-corrected chi connectivity index (χ0v) is 32.5. The van der Waals surface area contributed by atoms with E-state index in [0.717, 1.165) is 61.4 Å². The van der Waals surface area contributed by atoms with Gasteiger partial charge in [-0.15, -0.1) is 12.4 Å². The van der Waals surface area contributed by atoms with Gasteiger partial charge in [-0.25, -0.2) is 0 Å². The summed E-state index contributed by atoms with van der Waals surface area (Å²) in [6.45, 7) is 6.99. The number of ether oxygens (including phenoxy) is 1. The number of carbonyl (C=O) groups is 2. The highest BCUT2D eigenvalue weighted by molar-refractivity contribution is 6.32. The molecule has 1 aromatic heterocycles. The first-order chi connectivity index (χ1) is 25.7. The van der Waals surface area contributed by atoms with Gasteiger partial charge < -0.3 is 19.3 Å². The van der Waals surface area contributed by atoms with Crippen LogP contribution in [0.5, 0.6) is 5.75 Å². The molecule has 3 aliphatic heterocycles. The quantitative estimate of drug-likeness (QED) is 0.178. The molecule has 0 bridgehead atoms. The molecule has 1 atom stereocenters. The fourth-order valence-corrected chi connectivity index (χ4v) is 8.40. The number of halogens is 3. The van der Waals surface area contributed by atoms with E-state index in [1.807, 2.05) is 48.2 Å². The van der Waals surface area contributed by atoms with E-state index in [1.165, 1.54) is 5.56 Å². The average Bonchev–Trinajstić information content (AvgIpc) is 3.56. The van der Waals surface area contributed by atoms with Crippen molar-refractivity contribution in [2.24, 2.45) is 0 Å². The number of morpholine rings is 1. The molecule has 0 saturated carbocycles. The van der Waals surface area contributed by atoms with Crippen LogP contribution in [-0.4, -0.2) is 70.2 Å². The molecule has 4 heterocycles. The molecule has 8 nitrogen and oxygen atoms in total. The smallest absolute Gasteiger partial charge is 0.264 e. The molecule has 54 heavy (non-hydrogen) atoms. The van der Waals surface area contributed by atoms with Gasteiger partial charge in [0.25, 0.3) is 11.8 Å². The summed E-state index contributed by atoms with van der Waals surface area (Å²) in [6.07, 6.45) is 3.38. The Morgan fingerprint density at radius 3 is 2.35 bits per heavy atom. The van der Waals surface area contributed by atoms with Crippen molar-refractivity contribution in [3.05, 3.63) is 135 Å². The first kappa shape index (κ1) is 38.0. The molecule has 1 N–H and O–H groups in total. The lowest BCUT2D eigenvalue weighted by Gasteiger charge is -2.40. The van der Waals surface area contributed by atoms with Crippen LogP contribution in [0.3, 0.4) is 0 Å². The van der Waals surface area contributed by atoms with Gasteiger partial charge in [0, 0.05) is 77.0 Å². The normalized spacial score (nSPS) is 16.9. The number of hydrogen-bond donors (Lipinski definition) is 1. The maximum absolute atomic E-state index is 15.0. The van der Waals surface area contributed by atoms with E-state index in [4.69, 9.17) is 27.9 Å². The molecule has 4 aromatic carbocycles. The Balaban J connectivity index is 0.00000450. The molecule has 0 radical (unpaired) electrons.